The highest BCUT2D eigenvalue weighted by Crippen LogP contribution is 2.29. The van der Waals surface area contributed by atoms with Crippen LogP contribution in [0.1, 0.15) is 34.8 Å². The van der Waals surface area contributed by atoms with Crippen LogP contribution >= 0.6 is 11.8 Å². The minimum Gasteiger partial charge on any atom is -0.496 e. The second-order valence-electron chi connectivity index (χ2n) is 9.42. The summed E-state index contributed by atoms with van der Waals surface area (Å²) in [5.74, 6) is -0.444. The Morgan fingerprint density at radius 2 is 1.57 bits per heavy atom. The van der Waals surface area contributed by atoms with Gasteiger partial charge in [-0.3, -0.25) is 14.4 Å². The number of rotatable bonds is 11. The molecule has 3 amide bonds. The first-order valence-corrected chi connectivity index (χ1v) is 14.4. The molecule has 42 heavy (non-hydrogen) atoms. The Kier molecular flexibility index (Phi) is 10.6. The fourth-order valence-corrected chi connectivity index (χ4v) is 5.16. The predicted molar refractivity (Wildman–Crippen MR) is 170 cm³/mol. The lowest BCUT2D eigenvalue weighted by Gasteiger charge is -2.17. The number of aryl methyl sites for hydroxylation is 1. The number of methoxy groups -OCH3 is 1. The van der Waals surface area contributed by atoms with Gasteiger partial charge in [0.2, 0.25) is 5.91 Å². The smallest absolute Gasteiger partial charge is 0.272 e. The number of hydrogen-bond acceptors (Lipinski definition) is 5. The lowest BCUT2D eigenvalue weighted by molar-refractivity contribution is -0.116. The second kappa shape index (κ2) is 14.7. The first-order valence-electron chi connectivity index (χ1n) is 13.5. The van der Waals surface area contributed by atoms with E-state index in [0.29, 0.717) is 29.0 Å². The minimum atomic E-state index is -0.503. The summed E-state index contributed by atoms with van der Waals surface area (Å²) in [5.41, 5.74) is 3.41. The Labute approximate surface area is 250 Å². The number of hydrogen-bond donors (Lipinski definition) is 3. The average molecular weight is 580 g/mol. The topological polar surface area (TPSA) is 96.5 Å². The van der Waals surface area contributed by atoms with Gasteiger partial charge in [-0.05, 0) is 67.4 Å². The van der Waals surface area contributed by atoms with Crippen molar-refractivity contribution in [2.45, 2.75) is 30.4 Å². The number of carbonyl (C=O) groups excluding carboxylic acids is 3. The molecule has 4 aromatic rings. The summed E-state index contributed by atoms with van der Waals surface area (Å²) in [6.45, 7) is 3.92. The van der Waals surface area contributed by atoms with Gasteiger partial charge in [-0.2, -0.15) is 0 Å². The Morgan fingerprint density at radius 3 is 2.31 bits per heavy atom. The van der Waals surface area contributed by atoms with Crippen LogP contribution in [0.5, 0.6) is 5.75 Å². The van der Waals surface area contributed by atoms with Crippen molar-refractivity contribution < 1.29 is 19.1 Å². The molecule has 0 saturated heterocycles. The van der Waals surface area contributed by atoms with Crippen molar-refractivity contribution in [2.75, 3.05) is 17.7 Å². The van der Waals surface area contributed by atoms with Gasteiger partial charge in [0.05, 0.1) is 12.4 Å². The van der Waals surface area contributed by atoms with E-state index in [1.807, 2.05) is 74.5 Å². The van der Waals surface area contributed by atoms with Gasteiger partial charge < -0.3 is 20.7 Å². The summed E-state index contributed by atoms with van der Waals surface area (Å²) in [6.07, 6.45) is 2.20. The fraction of sp³-hybridized carbons (Fsp3) is 0.147. The van der Waals surface area contributed by atoms with Crippen molar-refractivity contribution in [3.63, 3.8) is 0 Å². The van der Waals surface area contributed by atoms with E-state index in [2.05, 4.69) is 16.0 Å². The number of nitrogens with one attached hydrogen (secondary N) is 3. The summed E-state index contributed by atoms with van der Waals surface area (Å²) in [6, 6.07) is 30.8. The van der Waals surface area contributed by atoms with Crippen LogP contribution < -0.4 is 20.7 Å². The summed E-state index contributed by atoms with van der Waals surface area (Å²) < 4.78 is 5.44. The molecule has 1 atom stereocenters. The first kappa shape index (κ1) is 30.1. The van der Waals surface area contributed by atoms with Crippen LogP contribution in [0.2, 0.25) is 0 Å². The van der Waals surface area contributed by atoms with Crippen LogP contribution in [0, 0.1) is 6.92 Å². The van der Waals surface area contributed by atoms with E-state index in [0.717, 1.165) is 16.1 Å². The van der Waals surface area contributed by atoms with E-state index in [4.69, 9.17) is 4.74 Å². The Morgan fingerprint density at radius 1 is 0.857 bits per heavy atom. The van der Waals surface area contributed by atoms with Crippen molar-refractivity contribution in [2.24, 2.45) is 0 Å². The molecule has 0 aliphatic carbocycles. The molecular formula is C34H33N3O4S. The monoisotopic (exact) mass is 579 g/mol. The molecule has 0 aliphatic rings. The van der Waals surface area contributed by atoms with E-state index in [1.54, 1.807) is 55.7 Å². The summed E-state index contributed by atoms with van der Waals surface area (Å²) in [4.78, 5) is 40.3. The highest BCUT2D eigenvalue weighted by atomic mass is 32.2. The third kappa shape index (κ3) is 8.11. The Bertz CT molecular complexity index is 1590. The standard InChI is InChI=1S/C34H33N3O4S/c1-4-31(34(40)36-28-19-10-8-13-23(28)2)42-27-18-12-17-26(22-27)35-33(39)29(21-25-16-9-11-20-30(25)41-3)37-32(38)24-14-6-5-7-15-24/h5-22,31H,4H2,1-3H3,(H,35,39)(H,36,40)(H,37,38)/b29-21+. The van der Waals surface area contributed by atoms with Crippen LogP contribution in [-0.4, -0.2) is 30.1 Å². The van der Waals surface area contributed by atoms with E-state index in [1.165, 1.54) is 11.8 Å². The SMILES string of the molecule is CCC(Sc1cccc(NC(=O)/C(=C\c2ccccc2OC)NC(=O)c2ccccc2)c1)C(=O)Nc1ccccc1C. The molecule has 3 N–H and O–H groups in total. The first-order chi connectivity index (χ1) is 20.4. The summed E-state index contributed by atoms with van der Waals surface area (Å²) >= 11 is 1.42. The quantitative estimate of drug-likeness (QED) is 0.132. The normalized spacial score (nSPS) is 11.7. The zero-order valence-corrected chi connectivity index (χ0v) is 24.5. The fourth-order valence-electron chi connectivity index (χ4n) is 4.14. The number of benzene rings is 4. The molecule has 4 aromatic carbocycles. The molecule has 1 unspecified atom stereocenters. The van der Waals surface area contributed by atoms with Gasteiger partial charge in [-0.1, -0.05) is 67.6 Å². The molecule has 214 valence electrons. The largest absolute Gasteiger partial charge is 0.496 e. The van der Waals surface area contributed by atoms with E-state index >= 15 is 0 Å². The van der Waals surface area contributed by atoms with Crippen LogP contribution in [0.25, 0.3) is 6.08 Å². The van der Waals surface area contributed by atoms with Gasteiger partial charge in [0.1, 0.15) is 11.4 Å². The molecule has 0 bridgehead atoms. The number of amides is 3. The number of anilines is 2. The molecule has 0 radical (unpaired) electrons. The molecule has 0 heterocycles. The second-order valence-corrected chi connectivity index (χ2v) is 10.7. The van der Waals surface area contributed by atoms with Gasteiger partial charge in [-0.15, -0.1) is 11.8 Å². The van der Waals surface area contributed by atoms with E-state index in [-0.39, 0.29) is 16.9 Å². The molecule has 7 nitrogen and oxygen atoms in total. The van der Waals surface area contributed by atoms with Crippen molar-refractivity contribution in [3.05, 3.63) is 126 Å². The van der Waals surface area contributed by atoms with Crippen LogP contribution in [0.4, 0.5) is 11.4 Å². The number of para-hydroxylation sites is 2. The third-order valence-electron chi connectivity index (χ3n) is 6.40. The Hall–Kier alpha value is -4.82. The van der Waals surface area contributed by atoms with Gasteiger partial charge >= 0.3 is 0 Å². The maximum atomic E-state index is 13.5. The van der Waals surface area contributed by atoms with Crippen molar-refractivity contribution in [1.29, 1.82) is 0 Å². The summed E-state index contributed by atoms with van der Waals surface area (Å²) in [7, 11) is 1.54. The molecular weight excluding hydrogens is 546 g/mol. The summed E-state index contributed by atoms with van der Waals surface area (Å²) in [5, 5.41) is 8.32. The highest BCUT2D eigenvalue weighted by molar-refractivity contribution is 8.00. The van der Waals surface area contributed by atoms with Crippen LogP contribution in [0.3, 0.4) is 0 Å². The zero-order chi connectivity index (χ0) is 29.9. The molecule has 4 rings (SSSR count). The van der Waals surface area contributed by atoms with Crippen molar-refractivity contribution in [3.8, 4) is 5.75 Å². The van der Waals surface area contributed by atoms with Gasteiger partial charge in [0, 0.05) is 27.4 Å². The number of carbonyl (C=O) groups is 3. The lowest BCUT2D eigenvalue weighted by atomic mass is 10.1. The van der Waals surface area contributed by atoms with Crippen LogP contribution in [0.15, 0.2) is 114 Å². The minimum absolute atomic E-state index is 0.0513. The molecule has 0 fully saturated rings. The maximum absolute atomic E-state index is 13.5. The van der Waals surface area contributed by atoms with Gasteiger partial charge in [0.25, 0.3) is 11.8 Å². The predicted octanol–water partition coefficient (Wildman–Crippen LogP) is 6.92. The molecule has 8 heteroatoms. The lowest BCUT2D eigenvalue weighted by Crippen LogP contribution is -2.30. The molecule has 0 spiro atoms. The average Bonchev–Trinajstić information content (AvgIpc) is 3.01. The van der Waals surface area contributed by atoms with Crippen molar-refractivity contribution >= 4 is 46.9 Å². The van der Waals surface area contributed by atoms with Gasteiger partial charge in [0.15, 0.2) is 0 Å². The van der Waals surface area contributed by atoms with Crippen LogP contribution in [-0.2, 0) is 9.59 Å². The number of ether oxygens (including phenoxy) is 1. The molecule has 0 saturated carbocycles. The van der Waals surface area contributed by atoms with E-state index < -0.39 is 11.8 Å². The molecule has 0 aromatic heterocycles. The van der Waals surface area contributed by atoms with Crippen molar-refractivity contribution in [1.82, 2.24) is 5.32 Å². The van der Waals surface area contributed by atoms with Gasteiger partial charge in [-0.25, -0.2) is 0 Å². The third-order valence-corrected chi connectivity index (χ3v) is 7.76. The zero-order valence-electron chi connectivity index (χ0n) is 23.7. The molecule has 0 aliphatic heterocycles. The highest BCUT2D eigenvalue weighted by Gasteiger charge is 2.20. The number of thioether (sulfide) groups is 1. The maximum Gasteiger partial charge on any atom is 0.272 e. The van der Waals surface area contributed by atoms with E-state index in [9.17, 15) is 14.4 Å². The Balaban J connectivity index is 1.53.